The largest absolute Gasteiger partial charge is 0.507 e. The van der Waals surface area contributed by atoms with E-state index in [1.165, 1.54) is 25.3 Å². The predicted octanol–water partition coefficient (Wildman–Crippen LogP) is 4.48. The molecule has 0 radical (unpaired) electrons. The van der Waals surface area contributed by atoms with Gasteiger partial charge < -0.3 is 9.84 Å². The van der Waals surface area contributed by atoms with Crippen molar-refractivity contribution in [2.75, 3.05) is 7.11 Å². The second-order valence-electron chi connectivity index (χ2n) is 5.13. The lowest BCUT2D eigenvalue weighted by atomic mass is 10.1. The number of halogens is 3. The maximum atomic E-state index is 12.6. The van der Waals surface area contributed by atoms with Crippen molar-refractivity contribution < 1.29 is 23.0 Å². The van der Waals surface area contributed by atoms with Gasteiger partial charge in [-0.3, -0.25) is 5.10 Å². The lowest BCUT2D eigenvalue weighted by Gasteiger charge is -2.06. The maximum Gasteiger partial charge on any atom is 0.416 e. The van der Waals surface area contributed by atoms with E-state index in [4.69, 9.17) is 4.74 Å². The van der Waals surface area contributed by atoms with E-state index in [1.807, 2.05) is 0 Å². The average molecular weight is 334 g/mol. The molecule has 24 heavy (non-hydrogen) atoms. The number of methoxy groups -OCH3 is 1. The predicted molar refractivity (Wildman–Crippen MR) is 82.7 cm³/mol. The lowest BCUT2D eigenvalue weighted by Crippen LogP contribution is -2.03. The van der Waals surface area contributed by atoms with Crippen LogP contribution in [0.2, 0.25) is 0 Å². The summed E-state index contributed by atoms with van der Waals surface area (Å²) in [5.74, 6) is 0.604. The third kappa shape index (κ3) is 3.05. The Balaban J connectivity index is 1.94. The van der Waals surface area contributed by atoms with Gasteiger partial charge in [0.05, 0.1) is 24.1 Å². The van der Waals surface area contributed by atoms with Gasteiger partial charge in [0.2, 0.25) is 0 Å². The first-order valence-corrected chi connectivity index (χ1v) is 6.99. The summed E-state index contributed by atoms with van der Waals surface area (Å²) in [4.78, 5) is 0. The molecule has 0 aliphatic carbocycles. The number of H-pyrrole nitrogens is 1. The normalized spacial score (nSPS) is 11.5. The SMILES string of the molecule is COc1ccc(O)c(-c2cc(-c3ccc(C(F)(F)F)cc3)n[nH]2)c1. The minimum Gasteiger partial charge on any atom is -0.507 e. The van der Waals surface area contributed by atoms with Crippen LogP contribution in [0.25, 0.3) is 22.5 Å². The molecule has 0 bridgehead atoms. The van der Waals surface area contributed by atoms with Crippen molar-refractivity contribution in [3.05, 3.63) is 54.1 Å². The zero-order chi connectivity index (χ0) is 17.3. The Morgan fingerprint density at radius 2 is 1.75 bits per heavy atom. The van der Waals surface area contributed by atoms with Crippen molar-refractivity contribution in [1.82, 2.24) is 10.2 Å². The second kappa shape index (κ2) is 5.92. The van der Waals surface area contributed by atoms with Gasteiger partial charge in [0.1, 0.15) is 11.5 Å². The minimum atomic E-state index is -4.37. The third-order valence-electron chi connectivity index (χ3n) is 3.58. The van der Waals surface area contributed by atoms with Crippen LogP contribution in [0.4, 0.5) is 13.2 Å². The van der Waals surface area contributed by atoms with Crippen molar-refractivity contribution in [1.29, 1.82) is 0 Å². The van der Waals surface area contributed by atoms with Crippen molar-refractivity contribution in [2.45, 2.75) is 6.18 Å². The van der Waals surface area contributed by atoms with Crippen LogP contribution in [-0.2, 0) is 6.18 Å². The lowest BCUT2D eigenvalue weighted by molar-refractivity contribution is -0.137. The zero-order valence-corrected chi connectivity index (χ0v) is 12.6. The van der Waals surface area contributed by atoms with Crippen LogP contribution < -0.4 is 4.74 Å². The summed E-state index contributed by atoms with van der Waals surface area (Å²) < 4.78 is 42.9. The summed E-state index contributed by atoms with van der Waals surface area (Å²) in [7, 11) is 1.51. The quantitative estimate of drug-likeness (QED) is 0.743. The molecule has 0 amide bonds. The van der Waals surface area contributed by atoms with Gasteiger partial charge in [0.15, 0.2) is 0 Å². The molecule has 0 spiro atoms. The third-order valence-corrected chi connectivity index (χ3v) is 3.58. The topological polar surface area (TPSA) is 58.1 Å². The molecule has 0 aliphatic heterocycles. The molecule has 7 heteroatoms. The molecule has 0 aliphatic rings. The number of benzene rings is 2. The average Bonchev–Trinajstić information content (AvgIpc) is 3.04. The Morgan fingerprint density at radius 3 is 2.38 bits per heavy atom. The highest BCUT2D eigenvalue weighted by atomic mass is 19.4. The van der Waals surface area contributed by atoms with Crippen molar-refractivity contribution in [3.8, 4) is 34.0 Å². The summed E-state index contributed by atoms with van der Waals surface area (Å²) in [5.41, 5.74) is 1.31. The van der Waals surface area contributed by atoms with Gasteiger partial charge in [-0.25, -0.2) is 0 Å². The fraction of sp³-hybridized carbons (Fsp3) is 0.118. The first-order chi connectivity index (χ1) is 11.4. The number of phenolic OH excluding ortho intramolecular Hbond substituents is 1. The summed E-state index contributed by atoms with van der Waals surface area (Å²) >= 11 is 0. The fourth-order valence-electron chi connectivity index (χ4n) is 2.30. The van der Waals surface area contributed by atoms with Gasteiger partial charge in [-0.15, -0.1) is 0 Å². The highest BCUT2D eigenvalue weighted by Crippen LogP contribution is 2.34. The van der Waals surface area contributed by atoms with E-state index < -0.39 is 11.7 Å². The summed E-state index contributed by atoms with van der Waals surface area (Å²) in [6, 6.07) is 11.1. The first kappa shape index (κ1) is 15.9. The van der Waals surface area contributed by atoms with E-state index in [0.29, 0.717) is 28.3 Å². The number of hydrogen-bond acceptors (Lipinski definition) is 3. The van der Waals surface area contributed by atoms with E-state index in [2.05, 4.69) is 10.2 Å². The van der Waals surface area contributed by atoms with Crippen LogP contribution >= 0.6 is 0 Å². The monoisotopic (exact) mass is 334 g/mol. The molecule has 1 heterocycles. The molecule has 0 saturated heterocycles. The molecule has 0 atom stereocenters. The smallest absolute Gasteiger partial charge is 0.416 e. The van der Waals surface area contributed by atoms with Gasteiger partial charge in [-0.1, -0.05) is 12.1 Å². The van der Waals surface area contributed by atoms with Gasteiger partial charge in [0, 0.05) is 11.1 Å². The van der Waals surface area contributed by atoms with Gasteiger partial charge in [0.25, 0.3) is 0 Å². The zero-order valence-electron chi connectivity index (χ0n) is 12.6. The number of alkyl halides is 3. The van der Waals surface area contributed by atoms with Crippen LogP contribution in [0.1, 0.15) is 5.56 Å². The van der Waals surface area contributed by atoms with Gasteiger partial charge >= 0.3 is 6.18 Å². The highest BCUT2D eigenvalue weighted by molar-refractivity contribution is 5.73. The maximum absolute atomic E-state index is 12.6. The van der Waals surface area contributed by atoms with Gasteiger partial charge in [-0.05, 0) is 36.4 Å². The number of nitrogens with zero attached hydrogens (tertiary/aromatic N) is 1. The first-order valence-electron chi connectivity index (χ1n) is 6.99. The van der Waals surface area contributed by atoms with Crippen LogP contribution in [0.3, 0.4) is 0 Å². The molecule has 2 aromatic carbocycles. The Bertz CT molecular complexity index is 855. The molecule has 0 fully saturated rings. The summed E-state index contributed by atoms with van der Waals surface area (Å²) in [5, 5.41) is 16.8. The van der Waals surface area contributed by atoms with Crippen LogP contribution in [-0.4, -0.2) is 22.4 Å². The molecule has 3 aromatic rings. The molecule has 4 nitrogen and oxygen atoms in total. The number of nitrogens with one attached hydrogen (secondary N) is 1. The number of ether oxygens (including phenoxy) is 1. The van der Waals surface area contributed by atoms with E-state index in [0.717, 1.165) is 12.1 Å². The number of aromatic amines is 1. The molecule has 124 valence electrons. The number of aromatic hydroxyl groups is 1. The standard InChI is InChI=1S/C17H13F3N2O2/c1-24-12-6-7-16(23)13(8-12)15-9-14(21-22-15)10-2-4-11(5-3-10)17(18,19)20/h2-9,23H,1H3,(H,21,22). The summed E-state index contributed by atoms with van der Waals surface area (Å²) in [6.07, 6.45) is -4.37. The van der Waals surface area contributed by atoms with E-state index in [-0.39, 0.29) is 5.75 Å². The molecular formula is C17H13F3N2O2. The minimum absolute atomic E-state index is 0.0402. The van der Waals surface area contributed by atoms with Crippen molar-refractivity contribution >= 4 is 0 Å². The van der Waals surface area contributed by atoms with Crippen LogP contribution in [0.5, 0.6) is 11.5 Å². The highest BCUT2D eigenvalue weighted by Gasteiger charge is 2.30. The molecule has 0 saturated carbocycles. The van der Waals surface area contributed by atoms with Crippen molar-refractivity contribution in [2.24, 2.45) is 0 Å². The van der Waals surface area contributed by atoms with E-state index >= 15 is 0 Å². The molecule has 2 N–H and O–H groups in total. The van der Waals surface area contributed by atoms with Crippen molar-refractivity contribution in [3.63, 3.8) is 0 Å². The Morgan fingerprint density at radius 1 is 1.04 bits per heavy atom. The number of hydrogen-bond donors (Lipinski definition) is 2. The molecule has 1 aromatic heterocycles. The van der Waals surface area contributed by atoms with Gasteiger partial charge in [-0.2, -0.15) is 18.3 Å². The molecular weight excluding hydrogens is 321 g/mol. The Kier molecular flexibility index (Phi) is 3.92. The molecule has 0 unspecified atom stereocenters. The summed E-state index contributed by atoms with van der Waals surface area (Å²) in [6.45, 7) is 0. The van der Waals surface area contributed by atoms with E-state index in [9.17, 15) is 18.3 Å². The Hall–Kier alpha value is -2.96. The fourth-order valence-corrected chi connectivity index (χ4v) is 2.30. The molecule has 3 rings (SSSR count). The van der Waals surface area contributed by atoms with Crippen LogP contribution in [0.15, 0.2) is 48.5 Å². The van der Waals surface area contributed by atoms with E-state index in [1.54, 1.807) is 18.2 Å². The Labute approximate surface area is 135 Å². The second-order valence-corrected chi connectivity index (χ2v) is 5.13. The van der Waals surface area contributed by atoms with Crippen LogP contribution in [0, 0.1) is 0 Å². The number of phenols is 1. The number of aromatic nitrogens is 2. The number of rotatable bonds is 3.